The molecular formula is C12H12FNS. The zero-order chi connectivity index (χ0) is 11.1. The molecule has 0 radical (unpaired) electrons. The van der Waals surface area contributed by atoms with Crippen molar-refractivity contribution in [1.82, 2.24) is 4.98 Å². The molecule has 0 aliphatic carbocycles. The molecule has 0 saturated heterocycles. The molecule has 1 aromatic rings. The normalized spacial score (nSPS) is 11.1. The Bertz CT molecular complexity index is 385. The van der Waals surface area contributed by atoms with Crippen molar-refractivity contribution < 1.29 is 4.39 Å². The Hall–Kier alpha value is -1.35. The van der Waals surface area contributed by atoms with Crippen molar-refractivity contribution in [2.45, 2.75) is 5.03 Å². The Morgan fingerprint density at radius 2 is 2.27 bits per heavy atom. The van der Waals surface area contributed by atoms with E-state index in [0.29, 0.717) is 10.8 Å². The van der Waals surface area contributed by atoms with Gasteiger partial charge >= 0.3 is 0 Å². The van der Waals surface area contributed by atoms with Crippen molar-refractivity contribution in [3.8, 4) is 0 Å². The quantitative estimate of drug-likeness (QED) is 0.428. The molecule has 3 heteroatoms. The molecule has 1 heterocycles. The molecule has 0 saturated carbocycles. The Labute approximate surface area is 93.4 Å². The van der Waals surface area contributed by atoms with Crippen LogP contribution in [0.3, 0.4) is 0 Å². The molecule has 0 aromatic carbocycles. The lowest BCUT2D eigenvalue weighted by Gasteiger charge is -2.01. The third-order valence-corrected chi connectivity index (χ3v) is 2.67. The summed E-state index contributed by atoms with van der Waals surface area (Å²) in [6, 6.07) is 4.76. The van der Waals surface area contributed by atoms with Gasteiger partial charge in [0.1, 0.15) is 0 Å². The maximum atomic E-state index is 12.7. The minimum absolute atomic E-state index is 0.451. The van der Waals surface area contributed by atoms with Gasteiger partial charge in [0.05, 0.1) is 5.03 Å². The fraction of sp³-hybridized carbons (Fsp3) is 0.0833. The predicted molar refractivity (Wildman–Crippen MR) is 63.4 cm³/mol. The molecule has 1 rings (SSSR count). The first-order valence-corrected chi connectivity index (χ1v) is 5.44. The first-order chi connectivity index (χ1) is 7.26. The van der Waals surface area contributed by atoms with Crippen LogP contribution in [0.25, 0.3) is 0 Å². The van der Waals surface area contributed by atoms with E-state index in [-0.39, 0.29) is 0 Å². The van der Waals surface area contributed by atoms with Crippen molar-refractivity contribution in [3.63, 3.8) is 0 Å². The molecule has 1 nitrogen and oxygen atoms in total. The van der Waals surface area contributed by atoms with E-state index in [1.54, 1.807) is 24.3 Å². The first-order valence-electron chi connectivity index (χ1n) is 4.45. The average Bonchev–Trinajstić information content (AvgIpc) is 2.24. The van der Waals surface area contributed by atoms with Crippen LogP contribution in [0.15, 0.2) is 60.2 Å². The van der Waals surface area contributed by atoms with Crippen molar-refractivity contribution in [2.75, 3.05) is 5.75 Å². The topological polar surface area (TPSA) is 12.9 Å². The van der Waals surface area contributed by atoms with Gasteiger partial charge in [-0.25, -0.2) is 4.98 Å². The van der Waals surface area contributed by atoms with E-state index in [1.807, 2.05) is 6.08 Å². The number of halogens is 1. The summed E-state index contributed by atoms with van der Waals surface area (Å²) < 4.78 is 12.7. The molecule has 0 N–H and O–H groups in total. The lowest BCUT2D eigenvalue weighted by Crippen LogP contribution is -1.87. The number of allylic oxidation sites excluding steroid dienone is 3. The van der Waals surface area contributed by atoms with E-state index in [2.05, 4.69) is 18.1 Å². The summed E-state index contributed by atoms with van der Waals surface area (Å²) in [5.41, 5.74) is 1.04. The summed E-state index contributed by atoms with van der Waals surface area (Å²) in [5.74, 6) is 0.263. The van der Waals surface area contributed by atoms with Gasteiger partial charge in [0, 0.05) is 5.75 Å². The second kappa shape index (κ2) is 6.19. The molecule has 0 aliphatic heterocycles. The molecule has 0 aliphatic rings. The van der Waals surface area contributed by atoms with Gasteiger partial charge in [-0.05, 0) is 17.7 Å². The van der Waals surface area contributed by atoms with Crippen molar-refractivity contribution in [3.05, 3.63) is 61.1 Å². The number of hydrogen-bond acceptors (Lipinski definition) is 2. The molecule has 15 heavy (non-hydrogen) atoms. The van der Waals surface area contributed by atoms with Gasteiger partial charge in [0.25, 0.3) is 0 Å². The molecule has 0 unspecified atom stereocenters. The largest absolute Gasteiger partial charge is 0.213 e. The SMILES string of the molecule is C=C/C=C(\C=C)CSc1cccc(F)n1. The maximum absolute atomic E-state index is 12.7. The zero-order valence-electron chi connectivity index (χ0n) is 8.32. The van der Waals surface area contributed by atoms with Gasteiger partial charge in [0.2, 0.25) is 5.95 Å². The van der Waals surface area contributed by atoms with Crippen molar-refractivity contribution in [2.24, 2.45) is 0 Å². The number of nitrogens with zero attached hydrogens (tertiary/aromatic N) is 1. The summed E-state index contributed by atoms with van der Waals surface area (Å²) in [5, 5.41) is 0.673. The second-order valence-electron chi connectivity index (χ2n) is 2.77. The lowest BCUT2D eigenvalue weighted by molar-refractivity contribution is 0.572. The van der Waals surface area contributed by atoms with Gasteiger partial charge < -0.3 is 0 Å². The number of hydrogen-bond donors (Lipinski definition) is 0. The smallest absolute Gasteiger partial charge is 0.213 e. The standard InChI is InChI=1S/C12H12FNS/c1-3-6-10(4-2)9-15-12-8-5-7-11(13)14-12/h3-8H,1-2,9H2/b10-6+. The minimum atomic E-state index is -0.451. The zero-order valence-corrected chi connectivity index (χ0v) is 9.14. The van der Waals surface area contributed by atoms with E-state index in [0.717, 1.165) is 5.57 Å². The molecule has 1 aromatic heterocycles. The highest BCUT2D eigenvalue weighted by Crippen LogP contribution is 2.18. The van der Waals surface area contributed by atoms with Crippen molar-refractivity contribution in [1.29, 1.82) is 0 Å². The van der Waals surface area contributed by atoms with Gasteiger partial charge in [-0.1, -0.05) is 37.5 Å². The maximum Gasteiger partial charge on any atom is 0.213 e. The molecule has 0 bridgehead atoms. The van der Waals surface area contributed by atoms with E-state index >= 15 is 0 Å². The van der Waals surface area contributed by atoms with E-state index in [4.69, 9.17) is 0 Å². The average molecular weight is 221 g/mol. The van der Waals surface area contributed by atoms with Gasteiger partial charge in [-0.2, -0.15) is 4.39 Å². The summed E-state index contributed by atoms with van der Waals surface area (Å²) in [4.78, 5) is 3.75. The van der Waals surface area contributed by atoms with E-state index in [1.165, 1.54) is 17.8 Å². The first kappa shape index (κ1) is 11.7. The van der Waals surface area contributed by atoms with Crippen LogP contribution in [-0.2, 0) is 0 Å². The predicted octanol–water partition coefficient (Wildman–Crippen LogP) is 3.61. The van der Waals surface area contributed by atoms with E-state index < -0.39 is 5.95 Å². The highest BCUT2D eigenvalue weighted by atomic mass is 32.2. The Morgan fingerprint density at radius 3 is 2.87 bits per heavy atom. The Kier molecular flexibility index (Phi) is 4.84. The highest BCUT2D eigenvalue weighted by Gasteiger charge is 1.98. The highest BCUT2D eigenvalue weighted by molar-refractivity contribution is 7.99. The third-order valence-electron chi connectivity index (χ3n) is 1.67. The van der Waals surface area contributed by atoms with Crippen LogP contribution in [-0.4, -0.2) is 10.7 Å². The monoisotopic (exact) mass is 221 g/mol. The fourth-order valence-electron chi connectivity index (χ4n) is 0.954. The summed E-state index contributed by atoms with van der Waals surface area (Å²) in [6.07, 6.45) is 5.34. The Balaban J connectivity index is 2.60. The number of pyridine rings is 1. The van der Waals surface area contributed by atoms with Gasteiger partial charge in [0.15, 0.2) is 0 Å². The molecule has 0 amide bonds. The van der Waals surface area contributed by atoms with E-state index in [9.17, 15) is 4.39 Å². The molecule has 0 atom stereocenters. The lowest BCUT2D eigenvalue weighted by atomic mass is 10.3. The molecule has 0 fully saturated rings. The van der Waals surface area contributed by atoms with Crippen LogP contribution < -0.4 is 0 Å². The van der Waals surface area contributed by atoms with Crippen LogP contribution in [0.1, 0.15) is 0 Å². The minimum Gasteiger partial charge on any atom is -0.213 e. The Morgan fingerprint density at radius 1 is 1.47 bits per heavy atom. The second-order valence-corrected chi connectivity index (χ2v) is 3.76. The molecular weight excluding hydrogens is 209 g/mol. The summed E-state index contributed by atoms with van der Waals surface area (Å²) >= 11 is 1.47. The van der Waals surface area contributed by atoms with Crippen LogP contribution in [0.2, 0.25) is 0 Å². The van der Waals surface area contributed by atoms with Crippen LogP contribution in [0.4, 0.5) is 4.39 Å². The summed E-state index contributed by atoms with van der Waals surface area (Å²) in [6.45, 7) is 7.29. The van der Waals surface area contributed by atoms with Crippen LogP contribution >= 0.6 is 11.8 Å². The fourth-order valence-corrected chi connectivity index (χ4v) is 1.81. The van der Waals surface area contributed by atoms with Crippen LogP contribution in [0.5, 0.6) is 0 Å². The van der Waals surface area contributed by atoms with Crippen molar-refractivity contribution >= 4 is 11.8 Å². The third kappa shape index (κ3) is 4.13. The number of thioether (sulfide) groups is 1. The molecule has 78 valence electrons. The van der Waals surface area contributed by atoms with Gasteiger partial charge in [-0.3, -0.25) is 0 Å². The summed E-state index contributed by atoms with van der Waals surface area (Å²) in [7, 11) is 0. The molecule has 0 spiro atoms. The van der Waals surface area contributed by atoms with Gasteiger partial charge in [-0.15, -0.1) is 11.8 Å². The van der Waals surface area contributed by atoms with Crippen LogP contribution in [0, 0.1) is 5.95 Å². The number of rotatable bonds is 5. The number of aromatic nitrogens is 1.